The maximum Gasteiger partial charge on any atom is 0.410 e. The zero-order chi connectivity index (χ0) is 18.1. The molecule has 1 unspecified atom stereocenters. The monoisotopic (exact) mass is 343 g/mol. The molecule has 1 aliphatic rings. The Morgan fingerprint density at radius 3 is 2.13 bits per heavy atom. The minimum Gasteiger partial charge on any atom is -0.444 e. The molecule has 1 saturated heterocycles. The molecule has 1 rings (SSSR count). The van der Waals surface area contributed by atoms with Gasteiger partial charge in [0.1, 0.15) is 5.60 Å². The van der Waals surface area contributed by atoms with E-state index in [9.17, 15) is 4.79 Å². The highest BCUT2D eigenvalue weighted by atomic mass is 28.4. The van der Waals surface area contributed by atoms with Gasteiger partial charge in [-0.2, -0.15) is 0 Å². The van der Waals surface area contributed by atoms with Crippen molar-refractivity contribution in [2.24, 2.45) is 5.92 Å². The molecule has 0 bridgehead atoms. The second-order valence-electron chi connectivity index (χ2n) is 9.35. The Morgan fingerprint density at radius 1 is 1.13 bits per heavy atom. The molecule has 1 aliphatic heterocycles. The van der Waals surface area contributed by atoms with Crippen molar-refractivity contribution < 1.29 is 14.0 Å². The summed E-state index contributed by atoms with van der Waals surface area (Å²) < 4.78 is 12.2. The van der Waals surface area contributed by atoms with E-state index in [2.05, 4.69) is 40.8 Å². The van der Waals surface area contributed by atoms with E-state index in [1.165, 1.54) is 0 Å². The second kappa shape index (κ2) is 7.14. The minimum absolute atomic E-state index is 0.142. The van der Waals surface area contributed by atoms with Crippen LogP contribution < -0.4 is 0 Å². The van der Waals surface area contributed by atoms with Gasteiger partial charge >= 0.3 is 6.09 Å². The molecule has 0 aromatic heterocycles. The molecule has 1 fully saturated rings. The Labute approximate surface area is 144 Å². The first-order valence-corrected chi connectivity index (χ1v) is 11.8. The molecule has 2 atom stereocenters. The van der Waals surface area contributed by atoms with Crippen LogP contribution in [0.4, 0.5) is 4.79 Å². The van der Waals surface area contributed by atoms with E-state index in [0.717, 1.165) is 19.4 Å². The summed E-state index contributed by atoms with van der Waals surface area (Å²) in [4.78, 5) is 14.2. The van der Waals surface area contributed by atoms with Gasteiger partial charge in [0.25, 0.3) is 0 Å². The van der Waals surface area contributed by atoms with Crippen molar-refractivity contribution >= 4 is 14.4 Å². The lowest BCUT2D eigenvalue weighted by atomic mass is 10.0. The van der Waals surface area contributed by atoms with E-state index < -0.39 is 13.9 Å². The Balaban J connectivity index is 2.81. The number of hydrogen-bond acceptors (Lipinski definition) is 3. The fourth-order valence-electron chi connectivity index (χ4n) is 2.65. The molecule has 23 heavy (non-hydrogen) atoms. The number of nitrogens with zero attached hydrogens (tertiary/aromatic N) is 1. The average Bonchev–Trinajstić information content (AvgIpc) is 2.69. The normalized spacial score (nSPS) is 23.3. The van der Waals surface area contributed by atoms with Crippen LogP contribution >= 0.6 is 0 Å². The fourth-order valence-corrected chi connectivity index (χ4v) is 4.03. The van der Waals surface area contributed by atoms with Gasteiger partial charge in [-0.05, 0) is 45.3 Å². The molecule has 0 radical (unpaired) electrons. The lowest BCUT2D eigenvalue weighted by Crippen LogP contribution is -2.46. The number of ether oxygens (including phenoxy) is 1. The smallest absolute Gasteiger partial charge is 0.410 e. The molecule has 0 aliphatic carbocycles. The predicted octanol–water partition coefficient (Wildman–Crippen LogP) is 5.04. The summed E-state index contributed by atoms with van der Waals surface area (Å²) in [6.45, 7) is 20.7. The van der Waals surface area contributed by atoms with Gasteiger partial charge in [-0.15, -0.1) is 0 Å². The van der Waals surface area contributed by atoms with Crippen LogP contribution in [-0.4, -0.2) is 44.1 Å². The van der Waals surface area contributed by atoms with Crippen LogP contribution in [0.25, 0.3) is 0 Å². The third kappa shape index (κ3) is 5.78. The second-order valence-corrected chi connectivity index (χ2v) is 14.1. The Bertz CT molecular complexity index is 409. The van der Waals surface area contributed by atoms with Crippen LogP contribution in [-0.2, 0) is 9.16 Å². The minimum atomic E-state index is -1.83. The summed E-state index contributed by atoms with van der Waals surface area (Å²) in [7, 11) is -1.83. The van der Waals surface area contributed by atoms with Gasteiger partial charge in [-0.25, -0.2) is 4.79 Å². The van der Waals surface area contributed by atoms with Gasteiger partial charge in [-0.3, -0.25) is 0 Å². The lowest BCUT2D eigenvalue weighted by Gasteiger charge is -2.39. The number of amides is 1. The molecule has 4 nitrogen and oxygen atoms in total. The van der Waals surface area contributed by atoms with Crippen molar-refractivity contribution in [3.05, 3.63) is 0 Å². The molecular weight excluding hydrogens is 306 g/mol. The van der Waals surface area contributed by atoms with Crippen molar-refractivity contribution in [1.82, 2.24) is 4.90 Å². The van der Waals surface area contributed by atoms with Gasteiger partial charge in [0.15, 0.2) is 8.32 Å². The zero-order valence-electron chi connectivity index (χ0n) is 16.7. The number of hydrogen-bond donors (Lipinski definition) is 0. The van der Waals surface area contributed by atoms with Crippen molar-refractivity contribution in [1.29, 1.82) is 0 Å². The summed E-state index contributed by atoms with van der Waals surface area (Å²) in [5.74, 6) is 0.418. The third-order valence-corrected chi connectivity index (χ3v) is 9.45. The number of likely N-dealkylation sites (tertiary alicyclic amines) is 1. The summed E-state index contributed by atoms with van der Waals surface area (Å²) >= 11 is 0. The fraction of sp³-hybridized carbons (Fsp3) is 0.944. The molecule has 1 amide bonds. The molecular formula is C18H37NO3Si. The standard InChI is InChI=1S/C18H37NO3Si/c1-10-11-14-12-19(16(20)21-17(2,3)4)13-15(14)22-23(8,9)18(5,6)7/h14-15H,10-13H2,1-9H3/t14-,15?/m0/s1. The van der Waals surface area contributed by atoms with Crippen molar-refractivity contribution in [2.45, 2.75) is 91.1 Å². The Hall–Kier alpha value is -0.553. The number of carbonyl (C=O) groups is 1. The van der Waals surface area contributed by atoms with E-state index in [1.54, 1.807) is 0 Å². The number of rotatable bonds is 4. The van der Waals surface area contributed by atoms with Crippen molar-refractivity contribution in [3.8, 4) is 0 Å². The zero-order valence-corrected chi connectivity index (χ0v) is 17.7. The first kappa shape index (κ1) is 20.5. The summed E-state index contributed by atoms with van der Waals surface area (Å²) in [5, 5.41) is 0.184. The topological polar surface area (TPSA) is 38.8 Å². The van der Waals surface area contributed by atoms with Crippen molar-refractivity contribution in [2.75, 3.05) is 13.1 Å². The average molecular weight is 344 g/mol. The molecule has 0 saturated carbocycles. The van der Waals surface area contributed by atoms with Crippen LogP contribution in [0.15, 0.2) is 0 Å². The maximum atomic E-state index is 12.4. The van der Waals surface area contributed by atoms with E-state index in [4.69, 9.17) is 9.16 Å². The van der Waals surface area contributed by atoms with Crippen LogP contribution in [0.2, 0.25) is 18.1 Å². The summed E-state index contributed by atoms with van der Waals surface area (Å²) in [5.41, 5.74) is -0.449. The molecule has 0 aromatic carbocycles. The first-order chi connectivity index (χ1) is 10.3. The van der Waals surface area contributed by atoms with E-state index in [0.29, 0.717) is 12.5 Å². The third-order valence-electron chi connectivity index (χ3n) is 4.94. The van der Waals surface area contributed by atoms with Gasteiger partial charge in [-0.1, -0.05) is 34.1 Å². The van der Waals surface area contributed by atoms with E-state index in [1.807, 2.05) is 25.7 Å². The quantitative estimate of drug-likeness (QED) is 0.671. The highest BCUT2D eigenvalue weighted by molar-refractivity contribution is 6.74. The SMILES string of the molecule is CCC[C@H]1CN(C(=O)OC(C)(C)C)CC1O[Si](C)(C)C(C)(C)C. The van der Waals surface area contributed by atoms with E-state index in [-0.39, 0.29) is 17.2 Å². The number of carbonyl (C=O) groups excluding carboxylic acids is 1. The lowest BCUT2D eigenvalue weighted by molar-refractivity contribution is 0.0272. The van der Waals surface area contributed by atoms with Gasteiger partial charge < -0.3 is 14.1 Å². The van der Waals surface area contributed by atoms with Gasteiger partial charge in [0.05, 0.1) is 6.10 Å². The highest BCUT2D eigenvalue weighted by Crippen LogP contribution is 2.39. The van der Waals surface area contributed by atoms with Crippen LogP contribution in [0.1, 0.15) is 61.3 Å². The van der Waals surface area contributed by atoms with Crippen LogP contribution in [0, 0.1) is 5.92 Å². The molecule has 0 spiro atoms. The van der Waals surface area contributed by atoms with Crippen LogP contribution in [0.3, 0.4) is 0 Å². The Kier molecular flexibility index (Phi) is 6.36. The summed E-state index contributed by atoms with van der Waals surface area (Å²) in [6.07, 6.45) is 2.14. The molecule has 136 valence electrons. The molecule has 0 aromatic rings. The van der Waals surface area contributed by atoms with Crippen LogP contribution in [0.5, 0.6) is 0 Å². The molecule has 5 heteroatoms. The van der Waals surface area contributed by atoms with Crippen molar-refractivity contribution in [3.63, 3.8) is 0 Å². The molecule has 0 N–H and O–H groups in total. The maximum absolute atomic E-state index is 12.4. The Morgan fingerprint density at radius 2 is 1.70 bits per heavy atom. The van der Waals surface area contributed by atoms with E-state index >= 15 is 0 Å². The molecule has 1 heterocycles. The predicted molar refractivity (Wildman–Crippen MR) is 98.3 cm³/mol. The van der Waals surface area contributed by atoms with Gasteiger partial charge in [0, 0.05) is 19.0 Å². The largest absolute Gasteiger partial charge is 0.444 e. The summed E-state index contributed by atoms with van der Waals surface area (Å²) in [6, 6.07) is 0. The van der Waals surface area contributed by atoms with Gasteiger partial charge in [0.2, 0.25) is 0 Å². The first-order valence-electron chi connectivity index (χ1n) is 8.92. The highest BCUT2D eigenvalue weighted by Gasteiger charge is 2.44.